The SMILES string of the molecule is N#C[C@]1(c2ccc3ccccc3c2)c2ccccc2N[C@@H]1c1ccc[nH]1. The summed E-state index contributed by atoms with van der Waals surface area (Å²) in [5.74, 6) is 0. The van der Waals surface area contributed by atoms with E-state index in [1.165, 1.54) is 5.39 Å². The molecule has 0 saturated carbocycles. The highest BCUT2D eigenvalue weighted by Crippen LogP contribution is 2.52. The third-order valence-electron chi connectivity index (χ3n) is 5.40. The van der Waals surface area contributed by atoms with Crippen molar-refractivity contribution < 1.29 is 0 Å². The number of fused-ring (bicyclic) bond motifs is 2. The molecule has 1 aliphatic heterocycles. The van der Waals surface area contributed by atoms with Crippen molar-refractivity contribution in [1.29, 1.82) is 5.26 Å². The molecule has 2 heterocycles. The van der Waals surface area contributed by atoms with Crippen molar-refractivity contribution in [1.82, 2.24) is 4.98 Å². The van der Waals surface area contributed by atoms with Crippen LogP contribution in [0.4, 0.5) is 5.69 Å². The molecule has 4 aromatic rings. The first kappa shape index (κ1) is 14.8. The molecule has 0 fully saturated rings. The number of nitrogens with zero attached hydrogens (tertiary/aromatic N) is 1. The number of aromatic amines is 1. The molecule has 3 aromatic carbocycles. The molecule has 0 amide bonds. The second kappa shape index (κ2) is 5.50. The van der Waals surface area contributed by atoms with Crippen LogP contribution >= 0.6 is 0 Å². The molecule has 3 nitrogen and oxygen atoms in total. The maximum Gasteiger partial charge on any atom is 0.135 e. The molecule has 2 atom stereocenters. The number of nitrogens with one attached hydrogen (secondary N) is 2. The summed E-state index contributed by atoms with van der Waals surface area (Å²) < 4.78 is 0. The first-order valence-electron chi connectivity index (χ1n) is 8.73. The summed E-state index contributed by atoms with van der Waals surface area (Å²) in [6, 6.07) is 29.3. The lowest BCUT2D eigenvalue weighted by atomic mass is 9.71. The summed E-state index contributed by atoms with van der Waals surface area (Å²) >= 11 is 0. The standard InChI is InChI=1S/C23H17N3/c24-15-23(18-12-11-16-6-1-2-7-17(16)14-18)19-8-3-4-9-20(19)26-22(23)21-10-5-13-25-21/h1-14,22,25-26H/t22-,23+/m1/s1. The fourth-order valence-corrected chi connectivity index (χ4v) is 4.15. The van der Waals surface area contributed by atoms with Crippen LogP contribution in [0.25, 0.3) is 10.8 Å². The lowest BCUT2D eigenvalue weighted by molar-refractivity contribution is 0.577. The molecule has 2 N–H and O–H groups in total. The van der Waals surface area contributed by atoms with Gasteiger partial charge in [0.25, 0.3) is 0 Å². The maximum atomic E-state index is 10.5. The van der Waals surface area contributed by atoms with Crippen LogP contribution in [0.2, 0.25) is 0 Å². The van der Waals surface area contributed by atoms with Crippen molar-refractivity contribution in [3.63, 3.8) is 0 Å². The van der Waals surface area contributed by atoms with Crippen LogP contribution in [-0.4, -0.2) is 4.98 Å². The van der Waals surface area contributed by atoms with Crippen molar-refractivity contribution in [2.24, 2.45) is 0 Å². The van der Waals surface area contributed by atoms with Gasteiger partial charge in [0.1, 0.15) is 5.41 Å². The van der Waals surface area contributed by atoms with Gasteiger partial charge in [-0.25, -0.2) is 0 Å². The minimum atomic E-state index is -0.786. The normalized spacial score (nSPS) is 21.1. The van der Waals surface area contributed by atoms with Crippen LogP contribution in [0.3, 0.4) is 0 Å². The molecule has 0 radical (unpaired) electrons. The van der Waals surface area contributed by atoms with E-state index in [1.807, 2.05) is 48.7 Å². The molecule has 1 aromatic heterocycles. The Morgan fingerprint density at radius 3 is 2.46 bits per heavy atom. The molecule has 26 heavy (non-hydrogen) atoms. The highest BCUT2D eigenvalue weighted by Gasteiger charge is 2.50. The highest BCUT2D eigenvalue weighted by atomic mass is 15.0. The van der Waals surface area contributed by atoms with E-state index in [4.69, 9.17) is 0 Å². The number of hydrogen-bond donors (Lipinski definition) is 2. The largest absolute Gasteiger partial charge is 0.374 e. The van der Waals surface area contributed by atoms with Gasteiger partial charge in [0.2, 0.25) is 0 Å². The molecule has 0 bridgehead atoms. The quantitative estimate of drug-likeness (QED) is 0.532. The van der Waals surface area contributed by atoms with Gasteiger partial charge in [0.05, 0.1) is 12.1 Å². The summed E-state index contributed by atoms with van der Waals surface area (Å²) in [6.07, 6.45) is 1.91. The van der Waals surface area contributed by atoms with E-state index in [0.717, 1.165) is 27.9 Å². The van der Waals surface area contributed by atoms with Crippen molar-refractivity contribution in [2.75, 3.05) is 5.32 Å². The Balaban J connectivity index is 1.81. The molecular formula is C23H17N3. The van der Waals surface area contributed by atoms with E-state index in [9.17, 15) is 5.26 Å². The highest BCUT2D eigenvalue weighted by molar-refractivity contribution is 5.84. The number of H-pyrrole nitrogens is 1. The zero-order valence-electron chi connectivity index (χ0n) is 14.1. The van der Waals surface area contributed by atoms with Gasteiger partial charge in [0, 0.05) is 23.1 Å². The minimum absolute atomic E-state index is 0.166. The number of rotatable bonds is 2. The Kier molecular flexibility index (Phi) is 3.13. The fraction of sp³-hybridized carbons (Fsp3) is 0.0870. The molecule has 0 saturated heterocycles. The van der Waals surface area contributed by atoms with E-state index >= 15 is 0 Å². The summed E-state index contributed by atoms with van der Waals surface area (Å²) in [4.78, 5) is 3.30. The third kappa shape index (κ3) is 1.93. The average Bonchev–Trinajstić information content (AvgIpc) is 3.33. The number of nitriles is 1. The smallest absolute Gasteiger partial charge is 0.135 e. The average molecular weight is 335 g/mol. The summed E-state index contributed by atoms with van der Waals surface area (Å²) in [6.45, 7) is 0. The predicted molar refractivity (Wildman–Crippen MR) is 104 cm³/mol. The summed E-state index contributed by atoms with van der Waals surface area (Å²) in [5.41, 5.74) is 3.27. The Bertz CT molecular complexity index is 1140. The van der Waals surface area contributed by atoms with Crippen molar-refractivity contribution in [3.8, 4) is 6.07 Å². The van der Waals surface area contributed by atoms with Crippen LogP contribution in [0.15, 0.2) is 85.1 Å². The lowest BCUT2D eigenvalue weighted by Gasteiger charge is -2.29. The van der Waals surface area contributed by atoms with Gasteiger partial charge in [-0.3, -0.25) is 0 Å². The van der Waals surface area contributed by atoms with E-state index < -0.39 is 5.41 Å². The molecule has 0 unspecified atom stereocenters. The van der Waals surface area contributed by atoms with E-state index in [0.29, 0.717) is 0 Å². The predicted octanol–water partition coefficient (Wildman–Crippen LogP) is 5.14. The van der Waals surface area contributed by atoms with Crippen LogP contribution in [0.5, 0.6) is 0 Å². The zero-order chi connectivity index (χ0) is 17.6. The van der Waals surface area contributed by atoms with Gasteiger partial charge in [-0.1, -0.05) is 54.6 Å². The zero-order valence-corrected chi connectivity index (χ0v) is 14.1. The Morgan fingerprint density at radius 2 is 1.65 bits per heavy atom. The second-order valence-corrected chi connectivity index (χ2v) is 6.73. The molecule has 0 aliphatic carbocycles. The first-order valence-corrected chi connectivity index (χ1v) is 8.73. The lowest BCUT2D eigenvalue weighted by Crippen LogP contribution is -2.32. The van der Waals surface area contributed by atoms with E-state index in [2.05, 4.69) is 52.8 Å². The molecule has 3 heteroatoms. The second-order valence-electron chi connectivity index (χ2n) is 6.73. The van der Waals surface area contributed by atoms with Crippen LogP contribution < -0.4 is 5.32 Å². The van der Waals surface area contributed by atoms with Gasteiger partial charge >= 0.3 is 0 Å². The Labute approximate surface area is 151 Å². The Hall–Kier alpha value is -3.51. The van der Waals surface area contributed by atoms with Gasteiger partial charge in [-0.05, 0) is 40.6 Å². The fourth-order valence-electron chi connectivity index (χ4n) is 4.15. The molecular weight excluding hydrogens is 318 g/mol. The van der Waals surface area contributed by atoms with Gasteiger partial charge in [0.15, 0.2) is 0 Å². The number of benzene rings is 3. The van der Waals surface area contributed by atoms with E-state index in [-0.39, 0.29) is 6.04 Å². The van der Waals surface area contributed by atoms with Crippen LogP contribution in [0.1, 0.15) is 22.9 Å². The first-order chi connectivity index (χ1) is 12.8. The summed E-state index contributed by atoms with van der Waals surface area (Å²) in [7, 11) is 0. The number of aromatic nitrogens is 1. The molecule has 0 spiro atoms. The van der Waals surface area contributed by atoms with Crippen molar-refractivity contribution in [2.45, 2.75) is 11.5 Å². The van der Waals surface area contributed by atoms with Gasteiger partial charge < -0.3 is 10.3 Å². The Morgan fingerprint density at radius 1 is 0.846 bits per heavy atom. The van der Waals surface area contributed by atoms with Crippen LogP contribution in [0, 0.1) is 11.3 Å². The van der Waals surface area contributed by atoms with Crippen molar-refractivity contribution >= 4 is 16.5 Å². The minimum Gasteiger partial charge on any atom is -0.374 e. The number of hydrogen-bond acceptors (Lipinski definition) is 2. The van der Waals surface area contributed by atoms with Gasteiger partial charge in [-0.15, -0.1) is 0 Å². The van der Waals surface area contributed by atoms with Crippen molar-refractivity contribution in [3.05, 3.63) is 102 Å². The monoisotopic (exact) mass is 335 g/mol. The third-order valence-corrected chi connectivity index (χ3v) is 5.40. The topological polar surface area (TPSA) is 51.6 Å². The maximum absolute atomic E-state index is 10.5. The van der Waals surface area contributed by atoms with E-state index in [1.54, 1.807) is 0 Å². The van der Waals surface area contributed by atoms with Crippen LogP contribution in [-0.2, 0) is 5.41 Å². The van der Waals surface area contributed by atoms with Gasteiger partial charge in [-0.2, -0.15) is 5.26 Å². The molecule has 5 rings (SSSR count). The molecule has 1 aliphatic rings. The number of anilines is 1. The molecule has 124 valence electrons. The number of para-hydroxylation sites is 1. The summed E-state index contributed by atoms with van der Waals surface area (Å²) in [5, 5.41) is 16.4.